The maximum atomic E-state index is 13.1. The van der Waals surface area contributed by atoms with Gasteiger partial charge in [-0.15, -0.1) is 0 Å². The first kappa shape index (κ1) is 22.9. The van der Waals surface area contributed by atoms with Crippen LogP contribution >= 0.6 is 0 Å². The summed E-state index contributed by atoms with van der Waals surface area (Å²) >= 11 is 0. The van der Waals surface area contributed by atoms with Gasteiger partial charge in [0.25, 0.3) is 5.91 Å². The maximum Gasteiger partial charge on any atom is 0.260 e. The zero-order valence-corrected chi connectivity index (χ0v) is 17.7. The van der Waals surface area contributed by atoms with E-state index in [1.807, 2.05) is 0 Å². The number of ether oxygens (including phenoxy) is 3. The molecule has 0 aliphatic carbocycles. The molecule has 0 saturated carbocycles. The number of hydrazone groups is 1. The highest BCUT2D eigenvalue weighted by atomic mass is 32.2. The molecule has 0 heterocycles. The summed E-state index contributed by atoms with van der Waals surface area (Å²) in [5, 5.41) is 3.83. The predicted octanol–water partition coefficient (Wildman–Crippen LogP) is 1.77. The van der Waals surface area contributed by atoms with Gasteiger partial charge in [-0.1, -0.05) is 0 Å². The van der Waals surface area contributed by atoms with Crippen LogP contribution in [0.4, 0.5) is 10.1 Å². The van der Waals surface area contributed by atoms with Gasteiger partial charge < -0.3 is 14.2 Å². The molecular weight excluding hydrogens is 417 g/mol. The molecular formula is C19H22FN3O6S. The molecule has 11 heteroatoms. The second-order valence-corrected chi connectivity index (χ2v) is 7.90. The predicted molar refractivity (Wildman–Crippen MR) is 110 cm³/mol. The van der Waals surface area contributed by atoms with Gasteiger partial charge in [0, 0.05) is 5.56 Å². The summed E-state index contributed by atoms with van der Waals surface area (Å²) in [5.74, 6) is 0.0118. The monoisotopic (exact) mass is 439 g/mol. The minimum atomic E-state index is -3.78. The molecule has 0 aliphatic rings. The lowest BCUT2D eigenvalue weighted by Gasteiger charge is -2.21. The van der Waals surface area contributed by atoms with Gasteiger partial charge in [-0.05, 0) is 36.4 Å². The van der Waals surface area contributed by atoms with E-state index >= 15 is 0 Å². The molecule has 0 spiro atoms. The first-order valence-corrected chi connectivity index (χ1v) is 10.4. The number of carbonyl (C=O) groups is 1. The summed E-state index contributed by atoms with van der Waals surface area (Å²) < 4.78 is 53.7. The van der Waals surface area contributed by atoms with Crippen molar-refractivity contribution in [3.8, 4) is 17.2 Å². The van der Waals surface area contributed by atoms with Gasteiger partial charge in [-0.2, -0.15) is 5.10 Å². The molecule has 9 nitrogen and oxygen atoms in total. The van der Waals surface area contributed by atoms with Crippen LogP contribution in [0.1, 0.15) is 5.56 Å². The van der Waals surface area contributed by atoms with Crippen LogP contribution in [-0.4, -0.2) is 54.7 Å². The van der Waals surface area contributed by atoms with E-state index in [1.165, 1.54) is 39.7 Å². The average molecular weight is 439 g/mol. The van der Waals surface area contributed by atoms with Crippen LogP contribution in [0.3, 0.4) is 0 Å². The van der Waals surface area contributed by atoms with E-state index in [2.05, 4.69) is 10.5 Å². The zero-order valence-electron chi connectivity index (χ0n) is 16.9. The van der Waals surface area contributed by atoms with Crippen LogP contribution in [0.25, 0.3) is 0 Å². The molecule has 2 aromatic rings. The molecule has 0 saturated heterocycles. The standard InChI is InChI=1S/C19H22FN3O6S/c1-27-16-9-13(10-17(28-2)19(16)29-3)11-21-22-18(24)12-23(30(4,25)26)15-7-5-14(20)6-8-15/h5-11H,12H2,1-4H3,(H,22,24)/b21-11-. The van der Waals surface area contributed by atoms with Gasteiger partial charge in [0.1, 0.15) is 12.4 Å². The summed E-state index contributed by atoms with van der Waals surface area (Å²) in [5.41, 5.74) is 2.96. The normalized spacial score (nSPS) is 11.2. The average Bonchev–Trinajstić information content (AvgIpc) is 2.71. The molecule has 1 N–H and O–H groups in total. The smallest absolute Gasteiger partial charge is 0.260 e. The van der Waals surface area contributed by atoms with Crippen molar-refractivity contribution in [1.82, 2.24) is 5.43 Å². The Morgan fingerprint density at radius 3 is 2.13 bits per heavy atom. The number of hydrogen-bond acceptors (Lipinski definition) is 7. The number of amides is 1. The number of nitrogens with zero attached hydrogens (tertiary/aromatic N) is 2. The zero-order chi connectivity index (χ0) is 22.3. The SMILES string of the molecule is COc1cc(/C=N\NC(=O)CN(c2ccc(F)cc2)S(C)(=O)=O)cc(OC)c1OC. The second kappa shape index (κ2) is 9.92. The minimum Gasteiger partial charge on any atom is -0.493 e. The highest BCUT2D eigenvalue weighted by Gasteiger charge is 2.20. The van der Waals surface area contributed by atoms with Crippen LogP contribution in [-0.2, 0) is 14.8 Å². The van der Waals surface area contributed by atoms with Gasteiger partial charge in [0.15, 0.2) is 11.5 Å². The van der Waals surface area contributed by atoms with Gasteiger partial charge in [0.2, 0.25) is 15.8 Å². The highest BCUT2D eigenvalue weighted by Crippen LogP contribution is 2.37. The third-order valence-corrected chi connectivity index (χ3v) is 5.03. The van der Waals surface area contributed by atoms with Crippen molar-refractivity contribution in [1.29, 1.82) is 0 Å². The number of methoxy groups -OCH3 is 3. The Labute approximate surface area is 174 Å². The lowest BCUT2D eigenvalue weighted by Crippen LogP contribution is -2.39. The van der Waals surface area contributed by atoms with Crippen LogP contribution < -0.4 is 23.9 Å². The highest BCUT2D eigenvalue weighted by molar-refractivity contribution is 7.92. The molecule has 0 fully saturated rings. The molecule has 0 bridgehead atoms. The third-order valence-electron chi connectivity index (χ3n) is 3.89. The van der Waals surface area contributed by atoms with Crippen LogP contribution in [0.15, 0.2) is 41.5 Å². The van der Waals surface area contributed by atoms with Crippen LogP contribution in [0, 0.1) is 5.82 Å². The van der Waals surface area contributed by atoms with E-state index in [1.54, 1.807) is 12.1 Å². The van der Waals surface area contributed by atoms with E-state index in [-0.39, 0.29) is 5.69 Å². The fourth-order valence-corrected chi connectivity index (χ4v) is 3.38. The number of carbonyl (C=O) groups excluding carboxylic acids is 1. The molecule has 0 unspecified atom stereocenters. The van der Waals surface area contributed by atoms with Crippen molar-refractivity contribution in [2.75, 3.05) is 38.4 Å². The van der Waals surface area contributed by atoms with E-state index in [0.717, 1.165) is 22.7 Å². The topological polar surface area (TPSA) is 107 Å². The first-order valence-electron chi connectivity index (χ1n) is 8.54. The van der Waals surface area contributed by atoms with E-state index in [9.17, 15) is 17.6 Å². The van der Waals surface area contributed by atoms with Gasteiger partial charge in [0.05, 0.1) is 39.5 Å². The summed E-state index contributed by atoms with van der Waals surface area (Å²) in [6.07, 6.45) is 2.29. The minimum absolute atomic E-state index is 0.155. The largest absolute Gasteiger partial charge is 0.493 e. The number of halogens is 1. The van der Waals surface area contributed by atoms with Crippen LogP contribution in [0.2, 0.25) is 0 Å². The Kier molecular flexibility index (Phi) is 7.59. The van der Waals surface area contributed by atoms with Gasteiger partial charge in [-0.25, -0.2) is 18.2 Å². The van der Waals surface area contributed by atoms with E-state index < -0.39 is 28.3 Å². The van der Waals surface area contributed by atoms with Gasteiger partial charge in [-0.3, -0.25) is 9.10 Å². The maximum absolute atomic E-state index is 13.1. The number of rotatable bonds is 9. The summed E-state index contributed by atoms with van der Waals surface area (Å²) in [6.45, 7) is -0.531. The molecule has 162 valence electrons. The Hall–Kier alpha value is -3.34. The van der Waals surface area contributed by atoms with Crippen LogP contribution in [0.5, 0.6) is 17.2 Å². The molecule has 0 radical (unpaired) electrons. The van der Waals surface area contributed by atoms with Crippen molar-refractivity contribution in [3.05, 3.63) is 47.8 Å². The number of anilines is 1. The number of benzene rings is 2. The molecule has 1 amide bonds. The van der Waals surface area contributed by atoms with Crippen molar-refractivity contribution in [2.45, 2.75) is 0 Å². The molecule has 2 rings (SSSR count). The summed E-state index contributed by atoms with van der Waals surface area (Å²) in [4.78, 5) is 12.2. The second-order valence-electron chi connectivity index (χ2n) is 6.00. The Balaban J connectivity index is 2.14. The van der Waals surface area contributed by atoms with Crippen molar-refractivity contribution >= 4 is 27.8 Å². The molecule has 0 aromatic heterocycles. The number of hydrogen-bond donors (Lipinski definition) is 1. The van der Waals surface area contributed by atoms with Crippen molar-refractivity contribution < 1.29 is 31.8 Å². The van der Waals surface area contributed by atoms with E-state index in [0.29, 0.717) is 22.8 Å². The van der Waals surface area contributed by atoms with Crippen molar-refractivity contribution in [3.63, 3.8) is 0 Å². The fourth-order valence-electron chi connectivity index (χ4n) is 2.53. The lowest BCUT2D eigenvalue weighted by atomic mass is 10.2. The van der Waals surface area contributed by atoms with Gasteiger partial charge >= 0.3 is 0 Å². The first-order chi connectivity index (χ1) is 14.2. The lowest BCUT2D eigenvalue weighted by molar-refractivity contribution is -0.119. The molecule has 30 heavy (non-hydrogen) atoms. The number of sulfonamides is 1. The Morgan fingerprint density at radius 2 is 1.67 bits per heavy atom. The molecule has 0 aliphatic heterocycles. The molecule has 2 aromatic carbocycles. The summed E-state index contributed by atoms with van der Waals surface area (Å²) in [7, 11) is 0.633. The number of nitrogens with one attached hydrogen (secondary N) is 1. The Morgan fingerprint density at radius 1 is 1.10 bits per heavy atom. The third kappa shape index (κ3) is 5.83. The quantitative estimate of drug-likeness (QED) is 0.471. The summed E-state index contributed by atoms with van der Waals surface area (Å²) in [6, 6.07) is 7.99. The van der Waals surface area contributed by atoms with E-state index in [4.69, 9.17) is 14.2 Å². The van der Waals surface area contributed by atoms with Crippen molar-refractivity contribution in [2.24, 2.45) is 5.10 Å². The molecule has 0 atom stereocenters. The fraction of sp³-hybridized carbons (Fsp3) is 0.263. The Bertz CT molecular complexity index is 1000.